The fraction of sp³-hybridized carbons (Fsp3) is 0.350. The average molecular weight is 456 g/mol. The number of carbonyl (C=O) groups excluding carboxylic acids is 1. The van der Waals surface area contributed by atoms with Gasteiger partial charge in [-0.2, -0.15) is 0 Å². The van der Waals surface area contributed by atoms with Gasteiger partial charge < -0.3 is 28.7 Å². The van der Waals surface area contributed by atoms with Crippen molar-refractivity contribution in [3.8, 4) is 0 Å². The van der Waals surface area contributed by atoms with Crippen molar-refractivity contribution < 1.29 is 33.5 Å². The van der Waals surface area contributed by atoms with Crippen LogP contribution < -0.4 is 24.0 Å². The first-order valence-electron chi connectivity index (χ1n) is 8.16. The molecule has 2 rings (SSSR count). The SMILES string of the molecule is CC[S+](CC)CCOC(=O)C(c1ccccc1)c1ccccc1.[I-]. The molecule has 4 heteroatoms. The summed E-state index contributed by atoms with van der Waals surface area (Å²) in [7, 11) is 0.366. The number of benzene rings is 2. The summed E-state index contributed by atoms with van der Waals surface area (Å²) in [6, 6.07) is 19.7. The molecule has 0 N–H and O–H groups in total. The van der Waals surface area contributed by atoms with Gasteiger partial charge in [-0.25, -0.2) is 0 Å². The van der Waals surface area contributed by atoms with E-state index < -0.39 is 0 Å². The van der Waals surface area contributed by atoms with Crippen LogP contribution >= 0.6 is 0 Å². The van der Waals surface area contributed by atoms with E-state index in [1.165, 1.54) is 0 Å². The number of esters is 1. The monoisotopic (exact) mass is 456 g/mol. The third-order valence-electron chi connectivity index (χ3n) is 3.93. The van der Waals surface area contributed by atoms with Gasteiger partial charge in [0.2, 0.25) is 0 Å². The highest BCUT2D eigenvalue weighted by molar-refractivity contribution is 7.96. The Morgan fingerprint density at radius 1 is 0.917 bits per heavy atom. The van der Waals surface area contributed by atoms with Crippen LogP contribution in [0.15, 0.2) is 60.7 Å². The van der Waals surface area contributed by atoms with Gasteiger partial charge >= 0.3 is 5.97 Å². The third kappa shape index (κ3) is 6.13. The predicted molar refractivity (Wildman–Crippen MR) is 99.0 cm³/mol. The molecule has 0 aliphatic rings. The van der Waals surface area contributed by atoms with E-state index in [1.807, 2.05) is 60.7 Å². The number of hydrogen-bond donors (Lipinski definition) is 0. The summed E-state index contributed by atoms with van der Waals surface area (Å²) in [6.45, 7) is 4.91. The van der Waals surface area contributed by atoms with Crippen molar-refractivity contribution in [2.45, 2.75) is 19.8 Å². The van der Waals surface area contributed by atoms with Crippen molar-refractivity contribution in [1.29, 1.82) is 0 Å². The van der Waals surface area contributed by atoms with Crippen LogP contribution in [0.1, 0.15) is 30.9 Å². The largest absolute Gasteiger partial charge is 1.00 e. The van der Waals surface area contributed by atoms with E-state index in [0.717, 1.165) is 28.4 Å². The number of rotatable bonds is 8. The summed E-state index contributed by atoms with van der Waals surface area (Å²) >= 11 is 0. The maximum Gasteiger partial charge on any atom is 0.318 e. The Bertz CT molecular complexity index is 546. The molecule has 0 aliphatic carbocycles. The second-order valence-electron chi connectivity index (χ2n) is 5.32. The molecule has 2 aromatic rings. The Balaban J connectivity index is 0.00000288. The van der Waals surface area contributed by atoms with Gasteiger partial charge in [-0.1, -0.05) is 60.7 Å². The zero-order chi connectivity index (χ0) is 16.5. The molecule has 2 nitrogen and oxygen atoms in total. The lowest BCUT2D eigenvalue weighted by Gasteiger charge is -2.17. The van der Waals surface area contributed by atoms with Gasteiger partial charge in [-0.05, 0) is 35.9 Å². The van der Waals surface area contributed by atoms with Gasteiger partial charge in [0.15, 0.2) is 0 Å². The predicted octanol–water partition coefficient (Wildman–Crippen LogP) is 1.02. The molecular formula is C20H25IO2S. The van der Waals surface area contributed by atoms with E-state index in [2.05, 4.69) is 13.8 Å². The first kappa shape index (κ1) is 21.0. The molecule has 2 aromatic carbocycles. The Morgan fingerprint density at radius 2 is 1.38 bits per heavy atom. The Labute approximate surface area is 165 Å². The lowest BCUT2D eigenvalue weighted by molar-refractivity contribution is -0.143. The van der Waals surface area contributed by atoms with E-state index in [0.29, 0.717) is 17.5 Å². The minimum absolute atomic E-state index is 0. The molecule has 24 heavy (non-hydrogen) atoms. The summed E-state index contributed by atoms with van der Waals surface area (Å²) in [5, 5.41) is 0. The van der Waals surface area contributed by atoms with Crippen molar-refractivity contribution in [3.63, 3.8) is 0 Å². The van der Waals surface area contributed by atoms with E-state index in [9.17, 15) is 4.79 Å². The first-order valence-corrected chi connectivity index (χ1v) is 9.90. The minimum atomic E-state index is -0.345. The van der Waals surface area contributed by atoms with Crippen LogP contribution in [0.2, 0.25) is 0 Å². The van der Waals surface area contributed by atoms with Crippen molar-refractivity contribution in [2.75, 3.05) is 23.9 Å². The highest BCUT2D eigenvalue weighted by Gasteiger charge is 2.24. The van der Waals surface area contributed by atoms with Gasteiger partial charge in [-0.15, -0.1) is 0 Å². The molecule has 0 spiro atoms. The van der Waals surface area contributed by atoms with Gasteiger partial charge in [0.1, 0.15) is 29.8 Å². The average Bonchev–Trinajstić information content (AvgIpc) is 2.61. The highest BCUT2D eigenvalue weighted by atomic mass is 127. The van der Waals surface area contributed by atoms with Crippen LogP contribution in [-0.4, -0.2) is 29.8 Å². The van der Waals surface area contributed by atoms with E-state index in [1.54, 1.807) is 0 Å². The Hall–Kier alpha value is -1.01. The smallest absolute Gasteiger partial charge is 0.318 e. The molecule has 0 amide bonds. The van der Waals surface area contributed by atoms with E-state index in [-0.39, 0.29) is 35.9 Å². The van der Waals surface area contributed by atoms with Crippen molar-refractivity contribution >= 4 is 16.9 Å². The summed E-state index contributed by atoms with van der Waals surface area (Å²) in [6.07, 6.45) is 0. The minimum Gasteiger partial charge on any atom is -1.00 e. The summed E-state index contributed by atoms with van der Waals surface area (Å²) < 4.78 is 5.62. The molecule has 0 bridgehead atoms. The van der Waals surface area contributed by atoms with Crippen LogP contribution in [0, 0.1) is 0 Å². The van der Waals surface area contributed by atoms with Crippen molar-refractivity contribution in [2.24, 2.45) is 0 Å². The van der Waals surface area contributed by atoms with Crippen LogP contribution in [0.5, 0.6) is 0 Å². The van der Waals surface area contributed by atoms with Crippen LogP contribution in [-0.2, 0) is 20.4 Å². The summed E-state index contributed by atoms with van der Waals surface area (Å²) in [5.41, 5.74) is 1.96. The van der Waals surface area contributed by atoms with Gasteiger partial charge in [0.25, 0.3) is 0 Å². The third-order valence-corrected chi connectivity index (χ3v) is 6.31. The second-order valence-corrected chi connectivity index (χ2v) is 8.10. The fourth-order valence-corrected chi connectivity index (χ4v) is 3.90. The normalized spacial score (nSPS) is 10.5. The number of halogens is 1. The first-order chi connectivity index (χ1) is 11.3. The van der Waals surface area contributed by atoms with Gasteiger partial charge in [0, 0.05) is 0 Å². The number of carbonyl (C=O) groups is 1. The van der Waals surface area contributed by atoms with Gasteiger partial charge in [0.05, 0.1) is 0 Å². The molecule has 0 radical (unpaired) electrons. The molecule has 0 saturated carbocycles. The molecule has 0 heterocycles. The Morgan fingerprint density at radius 3 is 1.79 bits per heavy atom. The molecule has 130 valence electrons. The molecule has 0 aromatic heterocycles. The Kier molecular flexibility index (Phi) is 10.1. The van der Waals surface area contributed by atoms with E-state index >= 15 is 0 Å². The quantitative estimate of drug-likeness (QED) is 0.337. The topological polar surface area (TPSA) is 26.3 Å². The van der Waals surface area contributed by atoms with Crippen LogP contribution in [0.3, 0.4) is 0 Å². The highest BCUT2D eigenvalue weighted by Crippen LogP contribution is 2.25. The summed E-state index contributed by atoms with van der Waals surface area (Å²) in [5.74, 6) is 2.79. The van der Waals surface area contributed by atoms with E-state index in [4.69, 9.17) is 4.74 Å². The maximum atomic E-state index is 12.7. The fourth-order valence-electron chi connectivity index (χ4n) is 2.59. The second kappa shape index (κ2) is 11.5. The van der Waals surface area contributed by atoms with Crippen molar-refractivity contribution in [1.82, 2.24) is 0 Å². The summed E-state index contributed by atoms with van der Waals surface area (Å²) in [4.78, 5) is 12.7. The molecule has 0 unspecified atom stereocenters. The molecule has 0 fully saturated rings. The van der Waals surface area contributed by atoms with Crippen LogP contribution in [0.25, 0.3) is 0 Å². The molecule has 0 aliphatic heterocycles. The lowest BCUT2D eigenvalue weighted by Crippen LogP contribution is -3.00. The number of hydrogen-bond acceptors (Lipinski definition) is 2. The molecular weight excluding hydrogens is 431 g/mol. The molecule has 0 saturated heterocycles. The maximum absolute atomic E-state index is 12.7. The lowest BCUT2D eigenvalue weighted by atomic mass is 9.91. The zero-order valence-corrected chi connectivity index (χ0v) is 17.3. The number of ether oxygens (including phenoxy) is 1. The standard InChI is InChI=1S/C20H25O2S.HI/c1-3-23(4-2)16-15-22-20(21)19(17-11-7-5-8-12-17)18-13-9-6-10-14-18;/h5-14,19H,3-4,15-16H2,1-2H3;1H/q+1;/p-1. The van der Waals surface area contributed by atoms with Crippen molar-refractivity contribution in [3.05, 3.63) is 71.8 Å². The zero-order valence-electron chi connectivity index (χ0n) is 14.3. The van der Waals surface area contributed by atoms with Crippen LogP contribution in [0.4, 0.5) is 0 Å². The van der Waals surface area contributed by atoms with Gasteiger partial charge in [-0.3, -0.25) is 4.79 Å². The molecule has 0 atom stereocenters.